The van der Waals surface area contributed by atoms with Crippen molar-refractivity contribution in [1.29, 1.82) is 0 Å². The van der Waals surface area contributed by atoms with Crippen LogP contribution in [0.15, 0.2) is 12.3 Å². The summed E-state index contributed by atoms with van der Waals surface area (Å²) >= 11 is 0. The number of nitrogens with zero attached hydrogens (tertiary/aromatic N) is 1. The SMILES string of the molecule is Cc1cc(F)ncc1NS(C)=O. The highest BCUT2D eigenvalue weighted by Gasteiger charge is 2.00. The number of aromatic nitrogens is 1. The van der Waals surface area contributed by atoms with Crippen LogP contribution in [0.25, 0.3) is 0 Å². The van der Waals surface area contributed by atoms with Gasteiger partial charge in [-0.25, -0.2) is 9.19 Å². The Morgan fingerprint density at radius 1 is 1.67 bits per heavy atom. The number of halogens is 1. The molecule has 0 aliphatic carbocycles. The van der Waals surface area contributed by atoms with Crippen molar-refractivity contribution in [3.8, 4) is 0 Å². The molecule has 1 rings (SSSR count). The maximum absolute atomic E-state index is 12.5. The fourth-order valence-corrected chi connectivity index (χ4v) is 1.31. The van der Waals surface area contributed by atoms with E-state index >= 15 is 0 Å². The van der Waals surface area contributed by atoms with Crippen LogP contribution in [0, 0.1) is 12.9 Å². The van der Waals surface area contributed by atoms with Gasteiger partial charge in [0, 0.05) is 6.26 Å². The Balaban J connectivity index is 2.93. The molecule has 0 amide bonds. The summed E-state index contributed by atoms with van der Waals surface area (Å²) in [6.45, 7) is 1.72. The number of aryl methyl sites for hydroxylation is 1. The zero-order valence-electron chi connectivity index (χ0n) is 6.80. The zero-order chi connectivity index (χ0) is 9.14. The third-order valence-corrected chi connectivity index (χ3v) is 1.84. The van der Waals surface area contributed by atoms with Crippen molar-refractivity contribution in [2.75, 3.05) is 11.0 Å². The van der Waals surface area contributed by atoms with E-state index in [0.717, 1.165) is 0 Å². The van der Waals surface area contributed by atoms with Crippen molar-refractivity contribution in [2.24, 2.45) is 0 Å². The average molecular weight is 188 g/mol. The first kappa shape index (κ1) is 9.12. The molecule has 0 bridgehead atoms. The number of nitrogens with one attached hydrogen (secondary N) is 1. The summed E-state index contributed by atoms with van der Waals surface area (Å²) in [6, 6.07) is 1.29. The second kappa shape index (κ2) is 3.62. The van der Waals surface area contributed by atoms with E-state index in [-0.39, 0.29) is 0 Å². The number of hydrogen-bond donors (Lipinski definition) is 1. The highest BCUT2D eigenvalue weighted by Crippen LogP contribution is 2.13. The van der Waals surface area contributed by atoms with E-state index in [2.05, 4.69) is 9.71 Å². The largest absolute Gasteiger partial charge is 0.304 e. The second-order valence-corrected chi connectivity index (χ2v) is 3.49. The highest BCUT2D eigenvalue weighted by atomic mass is 32.2. The molecular weight excluding hydrogens is 179 g/mol. The quantitative estimate of drug-likeness (QED) is 0.709. The number of pyridine rings is 1. The third-order valence-electron chi connectivity index (χ3n) is 1.33. The molecular formula is C7H9FN2OS. The standard InChI is InChI=1S/C7H9FN2OS/c1-5-3-7(8)9-4-6(5)10-12(2)11/h3-4,10H,1-2H3. The number of rotatable bonds is 2. The Morgan fingerprint density at radius 2 is 2.33 bits per heavy atom. The van der Waals surface area contributed by atoms with E-state index < -0.39 is 16.9 Å². The first-order chi connectivity index (χ1) is 5.59. The second-order valence-electron chi connectivity index (χ2n) is 2.38. The molecule has 1 N–H and O–H groups in total. The van der Waals surface area contributed by atoms with Crippen molar-refractivity contribution in [3.05, 3.63) is 23.8 Å². The van der Waals surface area contributed by atoms with Crippen molar-refractivity contribution in [1.82, 2.24) is 4.98 Å². The molecule has 0 radical (unpaired) electrons. The average Bonchev–Trinajstić information content (AvgIpc) is 1.94. The molecule has 1 aromatic rings. The van der Waals surface area contributed by atoms with Crippen LogP contribution in [0.5, 0.6) is 0 Å². The molecule has 66 valence electrons. The fourth-order valence-electron chi connectivity index (χ4n) is 0.783. The normalized spacial score (nSPS) is 12.6. The summed E-state index contributed by atoms with van der Waals surface area (Å²) in [4.78, 5) is 3.43. The fraction of sp³-hybridized carbons (Fsp3) is 0.286. The van der Waals surface area contributed by atoms with Crippen LogP contribution in [0.3, 0.4) is 0 Å². The predicted molar refractivity (Wildman–Crippen MR) is 46.6 cm³/mol. The van der Waals surface area contributed by atoms with Crippen LogP contribution >= 0.6 is 0 Å². The number of hydrogen-bond acceptors (Lipinski definition) is 2. The van der Waals surface area contributed by atoms with E-state index in [1.165, 1.54) is 18.5 Å². The minimum absolute atomic E-state index is 0.528. The van der Waals surface area contributed by atoms with Gasteiger partial charge in [-0.05, 0) is 18.6 Å². The monoisotopic (exact) mass is 188 g/mol. The molecule has 1 unspecified atom stereocenters. The van der Waals surface area contributed by atoms with E-state index in [0.29, 0.717) is 11.3 Å². The zero-order valence-corrected chi connectivity index (χ0v) is 7.61. The summed E-state index contributed by atoms with van der Waals surface area (Å²) < 4.78 is 25.8. The summed E-state index contributed by atoms with van der Waals surface area (Å²) in [7, 11) is -1.15. The van der Waals surface area contributed by atoms with Crippen LogP contribution in [-0.4, -0.2) is 15.4 Å². The van der Waals surface area contributed by atoms with Gasteiger partial charge in [-0.1, -0.05) is 0 Å². The molecule has 3 nitrogen and oxygen atoms in total. The van der Waals surface area contributed by atoms with Gasteiger partial charge in [0.15, 0.2) is 0 Å². The van der Waals surface area contributed by atoms with Gasteiger partial charge in [0.2, 0.25) is 5.95 Å². The van der Waals surface area contributed by atoms with Crippen LogP contribution in [0.2, 0.25) is 0 Å². The lowest BCUT2D eigenvalue weighted by Crippen LogP contribution is -2.03. The minimum atomic E-state index is -1.15. The lowest BCUT2D eigenvalue weighted by atomic mass is 10.3. The molecule has 0 aliphatic heterocycles. The molecule has 12 heavy (non-hydrogen) atoms. The molecule has 1 heterocycles. The smallest absolute Gasteiger partial charge is 0.213 e. The molecule has 0 saturated heterocycles. The van der Waals surface area contributed by atoms with Gasteiger partial charge < -0.3 is 4.72 Å². The Bertz CT molecular complexity index is 316. The molecule has 0 aromatic carbocycles. The van der Waals surface area contributed by atoms with Crippen LogP contribution in [0.4, 0.5) is 10.1 Å². The summed E-state index contributed by atoms with van der Waals surface area (Å²) in [5, 5.41) is 0. The van der Waals surface area contributed by atoms with Gasteiger partial charge in [-0.2, -0.15) is 4.39 Å². The summed E-state index contributed by atoms with van der Waals surface area (Å²) in [5.74, 6) is -0.528. The first-order valence-corrected chi connectivity index (χ1v) is 4.87. The molecule has 0 fully saturated rings. The third kappa shape index (κ3) is 2.27. The molecule has 0 aliphatic rings. The van der Waals surface area contributed by atoms with Gasteiger partial charge in [0.1, 0.15) is 11.0 Å². The molecule has 5 heteroatoms. The number of anilines is 1. The van der Waals surface area contributed by atoms with E-state index in [4.69, 9.17) is 0 Å². The Kier molecular flexibility index (Phi) is 2.75. The maximum Gasteiger partial charge on any atom is 0.213 e. The highest BCUT2D eigenvalue weighted by molar-refractivity contribution is 7.85. The van der Waals surface area contributed by atoms with Crippen LogP contribution < -0.4 is 4.72 Å². The first-order valence-electron chi connectivity index (χ1n) is 3.32. The topological polar surface area (TPSA) is 42.0 Å². The lowest BCUT2D eigenvalue weighted by Gasteiger charge is -2.04. The minimum Gasteiger partial charge on any atom is -0.304 e. The maximum atomic E-state index is 12.5. The van der Waals surface area contributed by atoms with Crippen LogP contribution in [0.1, 0.15) is 5.56 Å². The van der Waals surface area contributed by atoms with Gasteiger partial charge in [-0.15, -0.1) is 0 Å². The lowest BCUT2D eigenvalue weighted by molar-refractivity contribution is 0.583. The predicted octanol–water partition coefficient (Wildman–Crippen LogP) is 1.23. The summed E-state index contributed by atoms with van der Waals surface area (Å²) in [6.07, 6.45) is 2.83. The van der Waals surface area contributed by atoms with Crippen molar-refractivity contribution in [3.63, 3.8) is 0 Å². The van der Waals surface area contributed by atoms with Gasteiger partial charge in [-0.3, -0.25) is 0 Å². The van der Waals surface area contributed by atoms with Gasteiger partial charge in [0.25, 0.3) is 0 Å². The molecule has 1 aromatic heterocycles. The molecule has 0 saturated carbocycles. The molecule has 0 spiro atoms. The van der Waals surface area contributed by atoms with Crippen molar-refractivity contribution < 1.29 is 8.60 Å². The molecule has 1 atom stereocenters. The Hall–Kier alpha value is -0.970. The van der Waals surface area contributed by atoms with Crippen LogP contribution in [-0.2, 0) is 11.0 Å². The Morgan fingerprint density at radius 3 is 2.83 bits per heavy atom. The summed E-state index contributed by atoms with van der Waals surface area (Å²) in [5.41, 5.74) is 1.29. The van der Waals surface area contributed by atoms with E-state index in [1.807, 2.05) is 0 Å². The van der Waals surface area contributed by atoms with Crippen molar-refractivity contribution >= 4 is 16.7 Å². The van der Waals surface area contributed by atoms with E-state index in [1.54, 1.807) is 6.92 Å². The Labute approximate surface area is 72.6 Å². The van der Waals surface area contributed by atoms with Crippen molar-refractivity contribution in [2.45, 2.75) is 6.92 Å². The van der Waals surface area contributed by atoms with Gasteiger partial charge in [0.05, 0.1) is 11.9 Å². The van der Waals surface area contributed by atoms with E-state index in [9.17, 15) is 8.60 Å². The van der Waals surface area contributed by atoms with Gasteiger partial charge >= 0.3 is 0 Å².